The van der Waals surface area contributed by atoms with Crippen molar-refractivity contribution in [3.63, 3.8) is 0 Å². The van der Waals surface area contributed by atoms with Gasteiger partial charge in [-0.05, 0) is 23.7 Å². The van der Waals surface area contributed by atoms with E-state index in [1.54, 1.807) is 62.4 Å². The fourth-order valence-corrected chi connectivity index (χ4v) is 1.71. The fraction of sp³-hybridized carbons (Fsp3) is 0.417. The van der Waals surface area contributed by atoms with Crippen molar-refractivity contribution in [1.29, 1.82) is 0 Å². The van der Waals surface area contributed by atoms with Gasteiger partial charge < -0.3 is 20.1 Å². The third-order valence-electron chi connectivity index (χ3n) is 3.89. The van der Waals surface area contributed by atoms with Crippen LogP contribution in [0.15, 0.2) is 60.7 Å². The van der Waals surface area contributed by atoms with E-state index in [1.807, 2.05) is 26.0 Å². The topological polar surface area (TPSA) is 104 Å². The second kappa shape index (κ2) is 14.7. The summed E-state index contributed by atoms with van der Waals surface area (Å²) in [5.41, 5.74) is 0.384. The number of aliphatic hydroxyl groups excluding tert-OH is 3. The van der Waals surface area contributed by atoms with Crippen LogP contribution in [-0.2, 0) is 4.74 Å². The number of hydrogen-bond donors (Lipinski definition) is 3. The molecule has 0 saturated heterocycles. The highest BCUT2D eigenvalue weighted by Crippen LogP contribution is 2.15. The number of aliphatic hydroxyl groups is 3. The van der Waals surface area contributed by atoms with Crippen molar-refractivity contribution < 1.29 is 29.6 Å². The molecule has 0 heterocycles. The van der Waals surface area contributed by atoms with Crippen LogP contribution in [0.25, 0.3) is 0 Å². The van der Waals surface area contributed by atoms with Gasteiger partial charge in [0.15, 0.2) is 0 Å². The molecule has 0 saturated carbocycles. The van der Waals surface area contributed by atoms with Crippen molar-refractivity contribution >= 4 is 22.8 Å². The summed E-state index contributed by atoms with van der Waals surface area (Å²) < 4.78 is 5.08. The Morgan fingerprint density at radius 3 is 1.42 bits per heavy atom. The zero-order chi connectivity index (χ0) is 23.9. The fourth-order valence-electron chi connectivity index (χ4n) is 1.58. The third-order valence-corrected chi connectivity index (χ3v) is 4.11. The Morgan fingerprint density at radius 2 is 1.13 bits per heavy atom. The normalized spacial score (nSPS) is 10.7. The van der Waals surface area contributed by atoms with Gasteiger partial charge in [-0.3, -0.25) is 4.79 Å². The van der Waals surface area contributed by atoms with Crippen molar-refractivity contribution in [1.82, 2.24) is 0 Å². The average molecular weight is 453 g/mol. The monoisotopic (exact) mass is 452 g/mol. The number of hydrogen-bond acceptors (Lipinski definition) is 6. The van der Waals surface area contributed by atoms with Crippen molar-refractivity contribution in [2.24, 2.45) is 10.8 Å². The summed E-state index contributed by atoms with van der Waals surface area (Å²) in [6.45, 7) is 7.58. The van der Waals surface area contributed by atoms with E-state index in [4.69, 9.17) is 31.7 Å². The van der Waals surface area contributed by atoms with Crippen LogP contribution in [0.2, 0.25) is 0 Å². The standard InChI is InChI=1S/C12H16O3.C7H5ClO.C5H12O2/c1-12(2,8-13)9-15-11(14)10-6-4-3-5-7-10;8-7(9)6-4-2-1-3-5-6;1-5(2,3-6)4-7/h3-7,13H,8-9H2,1-2H3;1-5H;6-7H,3-4H2,1-2H3. The highest BCUT2D eigenvalue weighted by molar-refractivity contribution is 6.67. The molecule has 2 rings (SSSR count). The first kappa shape index (κ1) is 28.8. The Balaban J connectivity index is 0.000000479. The predicted molar refractivity (Wildman–Crippen MR) is 122 cm³/mol. The van der Waals surface area contributed by atoms with Gasteiger partial charge in [-0.1, -0.05) is 76.2 Å². The number of rotatable bonds is 7. The number of esters is 1. The Kier molecular flexibility index (Phi) is 13.6. The summed E-state index contributed by atoms with van der Waals surface area (Å²) in [5.74, 6) is -0.350. The maximum Gasteiger partial charge on any atom is 0.338 e. The molecule has 7 heteroatoms. The van der Waals surface area contributed by atoms with Gasteiger partial charge in [0, 0.05) is 16.4 Å². The van der Waals surface area contributed by atoms with Gasteiger partial charge in [0.2, 0.25) is 0 Å². The van der Waals surface area contributed by atoms with Crippen LogP contribution in [0.4, 0.5) is 0 Å². The molecule has 0 aliphatic carbocycles. The number of carbonyl (C=O) groups is 2. The molecule has 0 spiro atoms. The number of ether oxygens (including phenoxy) is 1. The van der Waals surface area contributed by atoms with E-state index in [1.165, 1.54) is 0 Å². The van der Waals surface area contributed by atoms with E-state index < -0.39 is 5.24 Å². The molecule has 2 aromatic rings. The Labute approximate surface area is 189 Å². The summed E-state index contributed by atoms with van der Waals surface area (Å²) in [6.07, 6.45) is 0. The summed E-state index contributed by atoms with van der Waals surface area (Å²) in [4.78, 5) is 21.9. The molecule has 0 aliphatic heterocycles. The predicted octanol–water partition coefficient (Wildman–Crippen LogP) is 3.92. The zero-order valence-corrected chi connectivity index (χ0v) is 19.3. The van der Waals surface area contributed by atoms with Crippen LogP contribution in [0, 0.1) is 10.8 Å². The maximum absolute atomic E-state index is 11.5. The Morgan fingerprint density at radius 1 is 0.742 bits per heavy atom. The van der Waals surface area contributed by atoms with Crippen LogP contribution in [0.3, 0.4) is 0 Å². The smallest absolute Gasteiger partial charge is 0.338 e. The van der Waals surface area contributed by atoms with Crippen LogP contribution in [0.5, 0.6) is 0 Å². The quantitative estimate of drug-likeness (QED) is 0.434. The molecule has 0 bridgehead atoms. The lowest BCUT2D eigenvalue weighted by molar-refractivity contribution is 0.0218. The second-order valence-electron chi connectivity index (χ2n) is 8.38. The van der Waals surface area contributed by atoms with Crippen molar-refractivity contribution in [3.05, 3.63) is 71.8 Å². The summed E-state index contributed by atoms with van der Waals surface area (Å²) >= 11 is 5.16. The number of halogens is 1. The molecule has 2 aromatic carbocycles. The molecule has 0 aliphatic rings. The van der Waals surface area contributed by atoms with E-state index >= 15 is 0 Å². The van der Waals surface area contributed by atoms with Crippen LogP contribution in [-0.4, -0.2) is 53.0 Å². The average Bonchev–Trinajstić information content (AvgIpc) is 2.79. The van der Waals surface area contributed by atoms with Gasteiger partial charge in [0.05, 0.1) is 32.0 Å². The molecular weight excluding hydrogens is 420 g/mol. The molecule has 0 unspecified atom stereocenters. The molecule has 172 valence electrons. The van der Waals surface area contributed by atoms with E-state index in [9.17, 15) is 9.59 Å². The minimum absolute atomic E-state index is 0.00489. The van der Waals surface area contributed by atoms with E-state index in [0.29, 0.717) is 11.1 Å². The van der Waals surface area contributed by atoms with E-state index in [0.717, 1.165) is 0 Å². The maximum atomic E-state index is 11.5. The highest BCUT2D eigenvalue weighted by Gasteiger charge is 2.19. The molecular formula is C24H33ClO6. The van der Waals surface area contributed by atoms with Gasteiger partial charge in [-0.2, -0.15) is 0 Å². The first-order valence-electron chi connectivity index (χ1n) is 9.77. The van der Waals surface area contributed by atoms with Gasteiger partial charge in [0.1, 0.15) is 0 Å². The Bertz CT molecular complexity index is 754. The van der Waals surface area contributed by atoms with Crippen LogP contribution < -0.4 is 0 Å². The lowest BCUT2D eigenvalue weighted by Gasteiger charge is -2.20. The molecule has 0 amide bonds. The molecule has 0 radical (unpaired) electrons. The second-order valence-corrected chi connectivity index (χ2v) is 8.73. The molecule has 0 fully saturated rings. The highest BCUT2D eigenvalue weighted by atomic mass is 35.5. The summed E-state index contributed by atoms with van der Waals surface area (Å²) in [5, 5.41) is 25.4. The minimum Gasteiger partial charge on any atom is -0.461 e. The minimum atomic E-state index is -0.407. The van der Waals surface area contributed by atoms with Crippen LogP contribution in [0.1, 0.15) is 48.4 Å². The Hall–Kier alpha value is -2.25. The van der Waals surface area contributed by atoms with Crippen molar-refractivity contribution in [2.75, 3.05) is 26.4 Å². The SMILES string of the molecule is CC(C)(CO)CO.CC(C)(CO)COC(=O)c1ccccc1.O=C(Cl)c1ccccc1. The lowest BCUT2D eigenvalue weighted by atomic mass is 9.96. The van der Waals surface area contributed by atoms with Gasteiger partial charge in [-0.15, -0.1) is 0 Å². The van der Waals surface area contributed by atoms with Crippen molar-refractivity contribution in [2.45, 2.75) is 27.7 Å². The number of benzene rings is 2. The van der Waals surface area contributed by atoms with E-state index in [-0.39, 0.29) is 43.2 Å². The van der Waals surface area contributed by atoms with Gasteiger partial charge >= 0.3 is 5.97 Å². The number of carbonyl (C=O) groups excluding carboxylic acids is 2. The zero-order valence-electron chi connectivity index (χ0n) is 18.5. The van der Waals surface area contributed by atoms with Crippen molar-refractivity contribution in [3.8, 4) is 0 Å². The summed E-state index contributed by atoms with van der Waals surface area (Å²) in [7, 11) is 0. The molecule has 0 aromatic heterocycles. The van der Waals surface area contributed by atoms with Gasteiger partial charge in [0.25, 0.3) is 5.24 Å². The first-order chi connectivity index (χ1) is 14.5. The largest absolute Gasteiger partial charge is 0.461 e. The van der Waals surface area contributed by atoms with E-state index in [2.05, 4.69) is 0 Å². The molecule has 3 N–H and O–H groups in total. The molecule has 6 nitrogen and oxygen atoms in total. The third kappa shape index (κ3) is 13.6. The lowest BCUT2D eigenvalue weighted by Crippen LogP contribution is -2.25. The first-order valence-corrected chi connectivity index (χ1v) is 10.2. The van der Waals surface area contributed by atoms with Crippen LogP contribution >= 0.6 is 11.6 Å². The molecule has 31 heavy (non-hydrogen) atoms. The van der Waals surface area contributed by atoms with Gasteiger partial charge in [-0.25, -0.2) is 4.79 Å². The summed E-state index contributed by atoms with van der Waals surface area (Å²) in [6, 6.07) is 17.6. The molecule has 0 atom stereocenters.